The van der Waals surface area contributed by atoms with Gasteiger partial charge < -0.3 is 10.3 Å². The summed E-state index contributed by atoms with van der Waals surface area (Å²) in [6.45, 7) is 0.630. The first kappa shape index (κ1) is 12.7. The van der Waals surface area contributed by atoms with Gasteiger partial charge in [0.25, 0.3) is 0 Å². The van der Waals surface area contributed by atoms with Crippen LogP contribution in [0.4, 0.5) is 4.39 Å². The summed E-state index contributed by atoms with van der Waals surface area (Å²) in [5.41, 5.74) is 8.22. The van der Waals surface area contributed by atoms with E-state index in [4.69, 9.17) is 17.3 Å². The van der Waals surface area contributed by atoms with E-state index in [0.29, 0.717) is 12.5 Å². The number of hydrogen-bond acceptors (Lipinski definition) is 1. The Labute approximate surface area is 117 Å². The molecule has 0 bridgehead atoms. The third-order valence-corrected chi connectivity index (χ3v) is 3.94. The van der Waals surface area contributed by atoms with Gasteiger partial charge in [0.2, 0.25) is 0 Å². The molecule has 0 amide bonds. The average molecular weight is 279 g/mol. The first-order valence-electron chi connectivity index (χ1n) is 6.48. The van der Waals surface area contributed by atoms with Gasteiger partial charge in [0.1, 0.15) is 5.82 Å². The maximum atomic E-state index is 13.4. The molecule has 1 aliphatic rings. The predicted molar refractivity (Wildman–Crippen MR) is 74.6 cm³/mol. The van der Waals surface area contributed by atoms with E-state index in [1.54, 1.807) is 6.07 Å². The van der Waals surface area contributed by atoms with E-state index in [-0.39, 0.29) is 16.9 Å². The number of rotatable bonds is 4. The highest BCUT2D eigenvalue weighted by Gasteiger charge is 2.29. The minimum Gasteiger partial charge on any atom is -0.350 e. The summed E-state index contributed by atoms with van der Waals surface area (Å²) in [5.74, 6) is 0.269. The zero-order valence-corrected chi connectivity index (χ0v) is 11.3. The van der Waals surface area contributed by atoms with Crippen LogP contribution in [0, 0.1) is 11.7 Å². The summed E-state index contributed by atoms with van der Waals surface area (Å²) < 4.78 is 15.4. The van der Waals surface area contributed by atoms with Gasteiger partial charge in [0.15, 0.2) is 0 Å². The van der Waals surface area contributed by atoms with Crippen LogP contribution in [0.3, 0.4) is 0 Å². The number of halogens is 2. The van der Waals surface area contributed by atoms with Crippen LogP contribution in [0.5, 0.6) is 0 Å². The topological polar surface area (TPSA) is 30.9 Å². The molecule has 0 spiro atoms. The monoisotopic (exact) mass is 278 g/mol. The third-order valence-electron chi connectivity index (χ3n) is 3.64. The molecule has 19 heavy (non-hydrogen) atoms. The second kappa shape index (κ2) is 4.99. The number of nitrogens with zero attached hydrogens (tertiary/aromatic N) is 1. The van der Waals surface area contributed by atoms with Crippen LogP contribution in [-0.4, -0.2) is 4.57 Å². The molecule has 4 heteroatoms. The molecule has 2 N–H and O–H groups in total. The molecule has 1 aromatic heterocycles. The Morgan fingerprint density at radius 3 is 2.84 bits per heavy atom. The van der Waals surface area contributed by atoms with Crippen LogP contribution in [0.25, 0.3) is 0 Å². The van der Waals surface area contributed by atoms with Crippen LogP contribution < -0.4 is 5.73 Å². The average Bonchev–Trinajstić information content (AvgIpc) is 3.14. The summed E-state index contributed by atoms with van der Waals surface area (Å²) >= 11 is 5.67. The lowest BCUT2D eigenvalue weighted by molar-refractivity contribution is 0.622. The highest BCUT2D eigenvalue weighted by atomic mass is 35.5. The SMILES string of the molecule is NC(c1ccn(Cc2ccc(Cl)c(F)c2)c1)C1CC1. The van der Waals surface area contributed by atoms with Gasteiger partial charge in [0, 0.05) is 25.0 Å². The second-order valence-corrected chi connectivity index (χ2v) is 5.64. The van der Waals surface area contributed by atoms with E-state index >= 15 is 0 Å². The van der Waals surface area contributed by atoms with E-state index in [9.17, 15) is 4.39 Å². The van der Waals surface area contributed by atoms with Crippen molar-refractivity contribution < 1.29 is 4.39 Å². The van der Waals surface area contributed by atoms with Gasteiger partial charge in [-0.1, -0.05) is 17.7 Å². The van der Waals surface area contributed by atoms with Gasteiger partial charge in [-0.15, -0.1) is 0 Å². The van der Waals surface area contributed by atoms with Crippen LogP contribution in [0.15, 0.2) is 36.7 Å². The van der Waals surface area contributed by atoms with Crippen molar-refractivity contribution in [1.82, 2.24) is 4.57 Å². The molecule has 1 fully saturated rings. The second-order valence-electron chi connectivity index (χ2n) is 5.23. The summed E-state index contributed by atoms with van der Waals surface area (Å²) in [4.78, 5) is 0. The Bertz CT molecular complexity index is 590. The highest BCUT2D eigenvalue weighted by Crippen LogP contribution is 2.39. The summed E-state index contributed by atoms with van der Waals surface area (Å²) in [6.07, 6.45) is 6.50. The van der Waals surface area contributed by atoms with Crippen LogP contribution >= 0.6 is 11.6 Å². The van der Waals surface area contributed by atoms with Gasteiger partial charge in [-0.2, -0.15) is 0 Å². The van der Waals surface area contributed by atoms with Gasteiger partial charge in [0.05, 0.1) is 5.02 Å². The Morgan fingerprint density at radius 1 is 1.37 bits per heavy atom. The molecular weight excluding hydrogens is 263 g/mol. The molecular formula is C15H16ClFN2. The fourth-order valence-electron chi connectivity index (χ4n) is 2.33. The van der Waals surface area contributed by atoms with Crippen LogP contribution in [-0.2, 0) is 6.54 Å². The predicted octanol–water partition coefficient (Wildman–Crippen LogP) is 3.74. The molecule has 1 saturated carbocycles. The number of hydrogen-bond donors (Lipinski definition) is 1. The summed E-state index contributed by atoms with van der Waals surface area (Å²) in [6, 6.07) is 7.10. The van der Waals surface area contributed by atoms with Crippen molar-refractivity contribution in [3.8, 4) is 0 Å². The van der Waals surface area contributed by atoms with Gasteiger partial charge in [-0.25, -0.2) is 4.39 Å². The Kier molecular flexibility index (Phi) is 3.33. The van der Waals surface area contributed by atoms with E-state index in [0.717, 1.165) is 11.1 Å². The maximum absolute atomic E-state index is 13.4. The zero-order chi connectivity index (χ0) is 13.4. The number of aromatic nitrogens is 1. The molecule has 0 aliphatic heterocycles. The normalized spacial score (nSPS) is 16.6. The number of benzene rings is 1. The summed E-state index contributed by atoms with van der Waals surface area (Å²) in [5, 5.41) is 0.160. The van der Waals surface area contributed by atoms with Crippen molar-refractivity contribution >= 4 is 11.6 Å². The smallest absolute Gasteiger partial charge is 0.142 e. The van der Waals surface area contributed by atoms with Crippen molar-refractivity contribution in [3.05, 3.63) is 58.6 Å². The van der Waals surface area contributed by atoms with Crippen molar-refractivity contribution in [2.45, 2.75) is 25.4 Å². The molecule has 1 unspecified atom stereocenters. The molecule has 1 aliphatic carbocycles. The largest absolute Gasteiger partial charge is 0.350 e. The summed E-state index contributed by atoms with van der Waals surface area (Å²) in [7, 11) is 0. The molecule has 1 heterocycles. The number of nitrogens with two attached hydrogens (primary N) is 1. The molecule has 3 rings (SSSR count). The van der Waals surface area contributed by atoms with Crippen molar-refractivity contribution in [2.75, 3.05) is 0 Å². The highest BCUT2D eigenvalue weighted by molar-refractivity contribution is 6.30. The van der Waals surface area contributed by atoms with Crippen molar-refractivity contribution in [1.29, 1.82) is 0 Å². The van der Waals surface area contributed by atoms with Gasteiger partial charge in [-0.05, 0) is 48.1 Å². The lowest BCUT2D eigenvalue weighted by Gasteiger charge is -2.08. The molecule has 2 aromatic rings. The van der Waals surface area contributed by atoms with Crippen LogP contribution in [0.2, 0.25) is 5.02 Å². The fourth-order valence-corrected chi connectivity index (χ4v) is 2.45. The molecule has 0 saturated heterocycles. The first-order valence-corrected chi connectivity index (χ1v) is 6.86. The standard InChI is InChI=1S/C15H16ClFN2/c16-13-4-1-10(7-14(13)17)8-19-6-5-12(9-19)15(18)11-2-3-11/h1,4-7,9,11,15H,2-3,8,18H2. The minimum absolute atomic E-state index is 0.142. The molecule has 0 radical (unpaired) electrons. The van der Waals surface area contributed by atoms with Gasteiger partial charge in [-0.3, -0.25) is 0 Å². The van der Waals surface area contributed by atoms with Crippen molar-refractivity contribution in [3.63, 3.8) is 0 Å². The third kappa shape index (κ3) is 2.82. The Hall–Kier alpha value is -1.32. The Balaban J connectivity index is 1.74. The van der Waals surface area contributed by atoms with E-state index < -0.39 is 0 Å². The quantitative estimate of drug-likeness (QED) is 0.907. The lowest BCUT2D eigenvalue weighted by Crippen LogP contribution is -2.11. The minimum atomic E-state index is -0.374. The molecule has 1 atom stereocenters. The molecule has 1 aromatic carbocycles. The van der Waals surface area contributed by atoms with Crippen LogP contribution in [0.1, 0.15) is 30.0 Å². The zero-order valence-electron chi connectivity index (χ0n) is 10.5. The van der Waals surface area contributed by atoms with E-state index in [2.05, 4.69) is 12.3 Å². The maximum Gasteiger partial charge on any atom is 0.142 e. The van der Waals surface area contributed by atoms with Gasteiger partial charge >= 0.3 is 0 Å². The van der Waals surface area contributed by atoms with Crippen molar-refractivity contribution in [2.24, 2.45) is 11.7 Å². The van der Waals surface area contributed by atoms with E-state index in [1.807, 2.05) is 16.8 Å². The van der Waals surface area contributed by atoms with E-state index in [1.165, 1.54) is 18.9 Å². The lowest BCUT2D eigenvalue weighted by atomic mass is 10.1. The fraction of sp³-hybridized carbons (Fsp3) is 0.333. The molecule has 100 valence electrons. The first-order chi connectivity index (χ1) is 9.13. The molecule has 2 nitrogen and oxygen atoms in total. The Morgan fingerprint density at radius 2 is 2.16 bits per heavy atom.